The number of esters is 1. The first-order chi connectivity index (χ1) is 17.2. The number of aromatic nitrogens is 3. The minimum Gasteiger partial charge on any atom is -0.457 e. The van der Waals surface area contributed by atoms with Crippen molar-refractivity contribution in [2.45, 2.75) is 25.5 Å². The van der Waals surface area contributed by atoms with E-state index in [0.717, 1.165) is 60.6 Å². The molecule has 3 N–H and O–H groups in total. The maximum absolute atomic E-state index is 13.1. The van der Waals surface area contributed by atoms with Crippen LogP contribution in [-0.4, -0.2) is 46.6 Å². The Hall–Kier alpha value is -4.07. The molecule has 0 saturated carbocycles. The van der Waals surface area contributed by atoms with E-state index in [2.05, 4.69) is 24.8 Å². The van der Waals surface area contributed by atoms with Crippen LogP contribution in [0, 0.1) is 5.92 Å². The van der Waals surface area contributed by atoms with Crippen LogP contribution >= 0.6 is 0 Å². The maximum atomic E-state index is 13.1. The molecule has 0 spiro atoms. The summed E-state index contributed by atoms with van der Waals surface area (Å²) in [5.74, 6) is 1.44. The number of hydrogen-bond acceptors (Lipinski definition) is 7. The van der Waals surface area contributed by atoms with Crippen molar-refractivity contribution in [1.29, 1.82) is 0 Å². The van der Waals surface area contributed by atoms with E-state index in [4.69, 9.17) is 10.5 Å². The summed E-state index contributed by atoms with van der Waals surface area (Å²) in [5, 5.41) is 0.988. The SMILES string of the molecule is Nc1nc(N2CC[C@@H]3CCN(c4ccccc4C(=O)OCc4ccccc4)C[C@H]32)c2cc[nH]c2n1. The largest absolute Gasteiger partial charge is 0.457 e. The smallest absolute Gasteiger partial charge is 0.340 e. The van der Waals surface area contributed by atoms with E-state index >= 15 is 0 Å². The van der Waals surface area contributed by atoms with Crippen LogP contribution in [0.1, 0.15) is 28.8 Å². The van der Waals surface area contributed by atoms with Gasteiger partial charge < -0.3 is 25.3 Å². The van der Waals surface area contributed by atoms with Gasteiger partial charge in [-0.2, -0.15) is 9.97 Å². The zero-order chi connectivity index (χ0) is 23.8. The molecule has 2 saturated heterocycles. The number of piperidine rings is 1. The Morgan fingerprint density at radius 3 is 2.71 bits per heavy atom. The molecule has 2 aliphatic heterocycles. The molecule has 35 heavy (non-hydrogen) atoms. The Bertz CT molecular complexity index is 1350. The number of anilines is 3. The van der Waals surface area contributed by atoms with Crippen LogP contribution in [-0.2, 0) is 11.3 Å². The Balaban J connectivity index is 1.24. The maximum Gasteiger partial charge on any atom is 0.340 e. The molecular weight excluding hydrogens is 440 g/mol. The van der Waals surface area contributed by atoms with Crippen molar-refractivity contribution in [2.75, 3.05) is 35.2 Å². The number of nitrogens with zero attached hydrogens (tertiary/aromatic N) is 4. The van der Waals surface area contributed by atoms with Crippen LogP contribution in [0.5, 0.6) is 0 Å². The highest BCUT2D eigenvalue weighted by Gasteiger charge is 2.40. The van der Waals surface area contributed by atoms with Crippen LogP contribution in [0.15, 0.2) is 66.9 Å². The number of hydrogen-bond donors (Lipinski definition) is 2. The van der Waals surface area contributed by atoms with Crippen molar-refractivity contribution in [2.24, 2.45) is 5.92 Å². The molecule has 0 amide bonds. The molecule has 6 rings (SSSR count). The summed E-state index contributed by atoms with van der Waals surface area (Å²) in [6.45, 7) is 2.90. The Morgan fingerprint density at radius 2 is 1.83 bits per heavy atom. The molecule has 0 bridgehead atoms. The summed E-state index contributed by atoms with van der Waals surface area (Å²) < 4.78 is 5.66. The molecule has 4 heterocycles. The highest BCUT2D eigenvalue weighted by Crippen LogP contribution is 2.38. The van der Waals surface area contributed by atoms with Crippen LogP contribution < -0.4 is 15.5 Å². The molecule has 0 aliphatic carbocycles. The molecule has 2 aliphatic rings. The predicted molar refractivity (Wildman–Crippen MR) is 136 cm³/mol. The first kappa shape index (κ1) is 21.5. The second-order valence-electron chi connectivity index (χ2n) is 9.27. The van der Waals surface area contributed by atoms with E-state index in [-0.39, 0.29) is 24.6 Å². The summed E-state index contributed by atoms with van der Waals surface area (Å²) in [6, 6.07) is 19.8. The van der Waals surface area contributed by atoms with Gasteiger partial charge in [-0.1, -0.05) is 42.5 Å². The van der Waals surface area contributed by atoms with Gasteiger partial charge in [-0.25, -0.2) is 4.79 Å². The number of rotatable bonds is 5. The summed E-state index contributed by atoms with van der Waals surface area (Å²) in [6.07, 6.45) is 4.06. The molecule has 8 nitrogen and oxygen atoms in total. The molecule has 2 atom stereocenters. The Kier molecular flexibility index (Phi) is 5.48. The second kappa shape index (κ2) is 8.94. The minimum atomic E-state index is -0.299. The lowest BCUT2D eigenvalue weighted by Crippen LogP contribution is -2.49. The molecule has 2 fully saturated rings. The fourth-order valence-electron chi connectivity index (χ4n) is 5.51. The van der Waals surface area contributed by atoms with Crippen molar-refractivity contribution in [1.82, 2.24) is 15.0 Å². The fraction of sp³-hybridized carbons (Fsp3) is 0.296. The third-order valence-electron chi connectivity index (χ3n) is 7.22. The zero-order valence-electron chi connectivity index (χ0n) is 19.4. The molecule has 2 aromatic heterocycles. The third kappa shape index (κ3) is 4.05. The summed E-state index contributed by atoms with van der Waals surface area (Å²) in [4.78, 5) is 29.9. The minimum absolute atomic E-state index is 0.258. The van der Waals surface area contributed by atoms with E-state index in [1.54, 1.807) is 0 Å². The highest BCUT2D eigenvalue weighted by molar-refractivity contribution is 5.96. The van der Waals surface area contributed by atoms with Crippen molar-refractivity contribution in [3.05, 3.63) is 78.0 Å². The van der Waals surface area contributed by atoms with Gasteiger partial charge in [0.2, 0.25) is 5.95 Å². The summed E-state index contributed by atoms with van der Waals surface area (Å²) >= 11 is 0. The number of para-hydroxylation sites is 1. The second-order valence-corrected chi connectivity index (χ2v) is 9.27. The number of nitrogens with one attached hydrogen (secondary N) is 1. The number of aromatic amines is 1. The number of H-pyrrole nitrogens is 1. The van der Waals surface area contributed by atoms with Crippen molar-refractivity contribution in [3.8, 4) is 0 Å². The van der Waals surface area contributed by atoms with Gasteiger partial charge in [0.05, 0.1) is 22.7 Å². The summed E-state index contributed by atoms with van der Waals surface area (Å²) in [7, 11) is 0. The number of benzene rings is 2. The van der Waals surface area contributed by atoms with Gasteiger partial charge in [-0.05, 0) is 42.5 Å². The molecule has 178 valence electrons. The Labute approximate surface area is 203 Å². The normalized spacial score (nSPS) is 19.7. The van der Waals surface area contributed by atoms with Gasteiger partial charge in [0.1, 0.15) is 18.1 Å². The van der Waals surface area contributed by atoms with E-state index in [9.17, 15) is 4.79 Å². The van der Waals surface area contributed by atoms with Crippen molar-refractivity contribution >= 4 is 34.5 Å². The molecule has 0 unspecified atom stereocenters. The zero-order valence-corrected chi connectivity index (χ0v) is 19.4. The van der Waals surface area contributed by atoms with Gasteiger partial charge in [-0.15, -0.1) is 0 Å². The van der Waals surface area contributed by atoms with Crippen LogP contribution in [0.3, 0.4) is 0 Å². The van der Waals surface area contributed by atoms with Crippen molar-refractivity contribution < 1.29 is 9.53 Å². The van der Waals surface area contributed by atoms with E-state index in [1.165, 1.54) is 0 Å². The lowest BCUT2D eigenvalue weighted by atomic mass is 9.91. The van der Waals surface area contributed by atoms with E-state index in [1.807, 2.05) is 66.9 Å². The number of nitrogens with two attached hydrogens (primary N) is 1. The molecule has 2 aromatic carbocycles. The Morgan fingerprint density at radius 1 is 1.03 bits per heavy atom. The summed E-state index contributed by atoms with van der Waals surface area (Å²) in [5.41, 5.74) is 9.29. The number of nitrogen functional groups attached to an aromatic ring is 1. The van der Waals surface area contributed by atoms with Crippen molar-refractivity contribution in [3.63, 3.8) is 0 Å². The molecule has 0 radical (unpaired) electrons. The number of carbonyl (C=O) groups is 1. The topological polar surface area (TPSA) is 100 Å². The van der Waals surface area contributed by atoms with E-state index in [0.29, 0.717) is 11.5 Å². The lowest BCUT2D eigenvalue weighted by molar-refractivity contribution is 0.0473. The lowest BCUT2D eigenvalue weighted by Gasteiger charge is -2.40. The van der Waals surface area contributed by atoms with E-state index < -0.39 is 0 Å². The average molecular weight is 469 g/mol. The van der Waals surface area contributed by atoms with Gasteiger partial charge in [0.25, 0.3) is 0 Å². The number of ether oxygens (including phenoxy) is 1. The fourth-order valence-corrected chi connectivity index (χ4v) is 5.51. The first-order valence-corrected chi connectivity index (χ1v) is 12.1. The first-order valence-electron chi connectivity index (χ1n) is 12.1. The molecular formula is C27H28N6O2. The van der Waals surface area contributed by atoms with Gasteiger partial charge in [0, 0.05) is 25.8 Å². The van der Waals surface area contributed by atoms with Gasteiger partial charge >= 0.3 is 5.97 Å². The number of fused-ring (bicyclic) bond motifs is 2. The monoisotopic (exact) mass is 468 g/mol. The molecule has 4 aromatic rings. The van der Waals surface area contributed by atoms with Crippen LogP contribution in [0.2, 0.25) is 0 Å². The third-order valence-corrected chi connectivity index (χ3v) is 7.22. The molecule has 8 heteroatoms. The van der Waals surface area contributed by atoms with Gasteiger partial charge in [0.15, 0.2) is 0 Å². The number of carbonyl (C=O) groups excluding carboxylic acids is 1. The quantitative estimate of drug-likeness (QED) is 0.427. The standard InChI is InChI=1S/C27H28N6O2/c28-27-30-24-21(10-13-29-24)25(31-27)33-15-12-19-11-14-32(16-23(19)33)22-9-5-4-8-20(22)26(34)35-17-18-6-2-1-3-7-18/h1-10,13,19,23H,11-12,14-17H2,(H3,28,29,30,31)/t19-,23+/m0/s1. The average Bonchev–Trinajstić information content (AvgIpc) is 3.54. The predicted octanol–water partition coefficient (Wildman–Crippen LogP) is 4.00. The van der Waals surface area contributed by atoms with Gasteiger partial charge in [-0.3, -0.25) is 0 Å². The van der Waals surface area contributed by atoms with Crippen LogP contribution in [0.25, 0.3) is 11.0 Å². The highest BCUT2D eigenvalue weighted by atomic mass is 16.5. The van der Waals surface area contributed by atoms with Crippen LogP contribution in [0.4, 0.5) is 17.5 Å².